The number of halogens is 1. The number of aryl methyl sites for hydroxylation is 1. The fourth-order valence-electron chi connectivity index (χ4n) is 0.665. The molecule has 0 fully saturated rings. The monoisotopic (exact) mass is 209 g/mol. The Morgan fingerprint density at radius 3 is 2.82 bits per heavy atom. The molecule has 11 heavy (non-hydrogen) atoms. The van der Waals surface area contributed by atoms with Crippen LogP contribution in [-0.2, 0) is 0 Å². The summed E-state index contributed by atoms with van der Waals surface area (Å²) in [7, 11) is 0. The molecule has 0 aliphatic rings. The largest absolute Gasteiger partial charge is 0.453 e. The maximum absolute atomic E-state index is 8.16. The van der Waals surface area contributed by atoms with Crippen LogP contribution < -0.4 is 0 Å². The van der Waals surface area contributed by atoms with Crippen LogP contribution in [0.5, 0.6) is 0 Å². The van der Waals surface area contributed by atoms with Crippen molar-refractivity contribution in [1.82, 2.24) is 0 Å². The molecule has 1 aromatic rings. The second kappa shape index (κ2) is 3.27. The molecule has 0 spiro atoms. The highest BCUT2D eigenvalue weighted by Gasteiger charge is 2.00. The summed E-state index contributed by atoms with van der Waals surface area (Å²) in [5, 5.41) is 8.16. The lowest BCUT2D eigenvalue weighted by Gasteiger charge is -1.79. The lowest BCUT2D eigenvalue weighted by Crippen LogP contribution is -1.69. The molecule has 0 aliphatic carbocycles. The average molecular weight is 210 g/mol. The van der Waals surface area contributed by atoms with Gasteiger partial charge in [0.15, 0.2) is 10.7 Å². The molecule has 0 amide bonds. The number of hydrogen-bond donors (Lipinski definition) is 0. The van der Waals surface area contributed by atoms with E-state index in [4.69, 9.17) is 9.68 Å². The van der Waals surface area contributed by atoms with E-state index in [2.05, 4.69) is 27.8 Å². The van der Waals surface area contributed by atoms with Crippen LogP contribution in [0.1, 0.15) is 11.3 Å². The molecule has 2 nitrogen and oxygen atoms in total. The average Bonchev–Trinajstić information content (AvgIpc) is 2.26. The molecule has 0 saturated carbocycles. The van der Waals surface area contributed by atoms with E-state index < -0.39 is 0 Å². The zero-order valence-corrected chi connectivity index (χ0v) is 7.40. The second-order valence-electron chi connectivity index (χ2n) is 1.88. The highest BCUT2D eigenvalue weighted by Crippen LogP contribution is 2.18. The smallest absolute Gasteiger partial charge is 0.170 e. The molecule has 0 aromatic carbocycles. The zero-order valence-electron chi connectivity index (χ0n) is 5.81. The summed E-state index contributed by atoms with van der Waals surface area (Å²) < 4.78 is 5.75. The highest BCUT2D eigenvalue weighted by molar-refractivity contribution is 9.10. The first kappa shape index (κ1) is 7.91. The zero-order chi connectivity index (χ0) is 8.27. The van der Waals surface area contributed by atoms with Gasteiger partial charge >= 0.3 is 0 Å². The van der Waals surface area contributed by atoms with E-state index in [0.29, 0.717) is 4.67 Å². The summed E-state index contributed by atoms with van der Waals surface area (Å²) in [5.41, 5.74) is 0.749. The van der Waals surface area contributed by atoms with E-state index in [-0.39, 0.29) is 0 Å². The van der Waals surface area contributed by atoms with E-state index in [9.17, 15) is 0 Å². The molecule has 0 unspecified atom stereocenters. The Morgan fingerprint density at radius 1 is 1.64 bits per heavy atom. The Hall–Kier alpha value is -1.19. The van der Waals surface area contributed by atoms with Gasteiger partial charge in [-0.2, -0.15) is 5.26 Å². The molecule has 0 atom stereocenters. The van der Waals surface area contributed by atoms with Crippen molar-refractivity contribution >= 4 is 15.9 Å². The van der Waals surface area contributed by atoms with Crippen molar-refractivity contribution in [1.29, 1.82) is 5.26 Å². The van der Waals surface area contributed by atoms with Gasteiger partial charge in [0.1, 0.15) is 5.76 Å². The minimum atomic E-state index is 0.636. The van der Waals surface area contributed by atoms with E-state index in [1.165, 1.54) is 0 Å². The van der Waals surface area contributed by atoms with Gasteiger partial charge in [0.2, 0.25) is 0 Å². The predicted octanol–water partition coefficient (Wildman–Crippen LogP) is 2.23. The summed E-state index contributed by atoms with van der Waals surface area (Å²) in [6, 6.07) is 3.47. The van der Waals surface area contributed by atoms with Crippen LogP contribution in [0.3, 0.4) is 0 Å². The normalized spacial score (nSPS) is 8.09. The Kier molecular flexibility index (Phi) is 2.36. The SMILES string of the molecule is Cc1oc(Br)cc1C#CC#N. The third-order valence-electron chi connectivity index (χ3n) is 1.14. The van der Waals surface area contributed by atoms with Crippen molar-refractivity contribution in [3.63, 3.8) is 0 Å². The van der Waals surface area contributed by atoms with Crippen molar-refractivity contribution in [2.75, 3.05) is 0 Å². The summed E-state index contributed by atoms with van der Waals surface area (Å²) in [6.45, 7) is 1.80. The van der Waals surface area contributed by atoms with Crippen molar-refractivity contribution in [3.8, 4) is 17.9 Å². The van der Waals surface area contributed by atoms with Crippen molar-refractivity contribution < 1.29 is 4.42 Å². The fourth-order valence-corrected chi connectivity index (χ4v) is 1.14. The first-order valence-electron chi connectivity index (χ1n) is 2.90. The standard InChI is InChI=1S/C8H4BrNO/c1-6-7(3-2-4-10)5-8(9)11-6/h5H,1H3. The van der Waals surface area contributed by atoms with Gasteiger partial charge in [-0.15, -0.1) is 0 Å². The molecular weight excluding hydrogens is 206 g/mol. The number of furan rings is 1. The molecule has 0 radical (unpaired) electrons. The molecule has 1 rings (SSSR count). The van der Waals surface area contributed by atoms with Gasteiger partial charge in [-0.1, -0.05) is 0 Å². The third kappa shape index (κ3) is 1.86. The van der Waals surface area contributed by atoms with E-state index in [0.717, 1.165) is 11.3 Å². The summed E-state index contributed by atoms with van der Waals surface area (Å²) in [5.74, 6) is 5.66. The molecule has 0 N–H and O–H groups in total. The number of nitrogens with zero attached hydrogens (tertiary/aromatic N) is 1. The predicted molar refractivity (Wildman–Crippen MR) is 43.6 cm³/mol. The van der Waals surface area contributed by atoms with Crippen LogP contribution in [-0.4, -0.2) is 0 Å². The Morgan fingerprint density at radius 2 is 2.36 bits per heavy atom. The lowest BCUT2D eigenvalue weighted by molar-refractivity contribution is 0.509. The molecular formula is C8H4BrNO. The van der Waals surface area contributed by atoms with Crippen molar-refractivity contribution in [3.05, 3.63) is 22.1 Å². The van der Waals surface area contributed by atoms with Crippen LogP contribution in [0.2, 0.25) is 0 Å². The topological polar surface area (TPSA) is 36.9 Å². The third-order valence-corrected chi connectivity index (χ3v) is 1.53. The Labute approximate surface area is 72.9 Å². The quantitative estimate of drug-likeness (QED) is 0.615. The minimum Gasteiger partial charge on any atom is -0.453 e. The van der Waals surface area contributed by atoms with E-state index in [1.807, 2.05) is 0 Å². The van der Waals surface area contributed by atoms with E-state index in [1.54, 1.807) is 19.1 Å². The lowest BCUT2D eigenvalue weighted by atomic mass is 10.3. The summed E-state index contributed by atoms with van der Waals surface area (Å²) in [4.78, 5) is 0. The summed E-state index contributed by atoms with van der Waals surface area (Å²) in [6.07, 6.45) is 0. The van der Waals surface area contributed by atoms with Crippen LogP contribution in [0.15, 0.2) is 15.2 Å². The Balaban J connectivity index is 3.06. The maximum Gasteiger partial charge on any atom is 0.170 e. The molecule has 1 heterocycles. The van der Waals surface area contributed by atoms with Gasteiger partial charge < -0.3 is 4.42 Å². The number of rotatable bonds is 0. The van der Waals surface area contributed by atoms with Crippen LogP contribution >= 0.6 is 15.9 Å². The van der Waals surface area contributed by atoms with Crippen LogP contribution in [0, 0.1) is 30.1 Å². The molecule has 0 aliphatic heterocycles. The molecule has 0 saturated heterocycles. The molecule has 1 aromatic heterocycles. The highest BCUT2D eigenvalue weighted by atomic mass is 79.9. The first-order valence-corrected chi connectivity index (χ1v) is 3.69. The molecule has 54 valence electrons. The molecule has 3 heteroatoms. The minimum absolute atomic E-state index is 0.636. The Bertz CT molecular complexity index is 362. The molecule has 0 bridgehead atoms. The number of hydrogen-bond acceptors (Lipinski definition) is 2. The van der Waals surface area contributed by atoms with Gasteiger partial charge in [0.25, 0.3) is 0 Å². The van der Waals surface area contributed by atoms with Crippen molar-refractivity contribution in [2.45, 2.75) is 6.92 Å². The summed E-state index contributed by atoms with van der Waals surface area (Å²) >= 11 is 3.16. The maximum atomic E-state index is 8.16. The van der Waals surface area contributed by atoms with Crippen LogP contribution in [0.4, 0.5) is 0 Å². The van der Waals surface area contributed by atoms with Gasteiger partial charge in [-0.25, -0.2) is 0 Å². The fraction of sp³-hybridized carbons (Fsp3) is 0.125. The van der Waals surface area contributed by atoms with Gasteiger partial charge in [-0.3, -0.25) is 0 Å². The van der Waals surface area contributed by atoms with E-state index >= 15 is 0 Å². The van der Waals surface area contributed by atoms with Gasteiger partial charge in [0.05, 0.1) is 5.56 Å². The van der Waals surface area contributed by atoms with Gasteiger partial charge in [-0.05, 0) is 28.8 Å². The van der Waals surface area contributed by atoms with Crippen LogP contribution in [0.25, 0.3) is 0 Å². The van der Waals surface area contributed by atoms with Crippen molar-refractivity contribution in [2.24, 2.45) is 0 Å². The van der Waals surface area contributed by atoms with Gasteiger partial charge in [0, 0.05) is 12.0 Å². The first-order chi connectivity index (χ1) is 5.24. The number of nitriles is 1. The second-order valence-corrected chi connectivity index (χ2v) is 2.66.